The van der Waals surface area contributed by atoms with E-state index >= 15 is 0 Å². The number of hydrazine groups is 1. The first-order valence-corrected chi connectivity index (χ1v) is 14.7. The molecule has 1 spiro atoms. The summed E-state index contributed by atoms with van der Waals surface area (Å²) in [5.41, 5.74) is -0.440. The maximum absolute atomic E-state index is 13.8. The zero-order chi connectivity index (χ0) is 27.3. The number of amides is 4. The van der Waals surface area contributed by atoms with Crippen LogP contribution >= 0.6 is 11.3 Å². The number of nitrogens with zero attached hydrogens (tertiary/aromatic N) is 4. The van der Waals surface area contributed by atoms with Crippen molar-refractivity contribution in [3.05, 3.63) is 23.8 Å². The van der Waals surface area contributed by atoms with Crippen LogP contribution in [0.4, 0.5) is 5.00 Å². The number of anilines is 1. The van der Waals surface area contributed by atoms with Gasteiger partial charge < -0.3 is 15.0 Å². The molecule has 39 heavy (non-hydrogen) atoms. The number of benzene rings is 1. The fourth-order valence-electron chi connectivity index (χ4n) is 6.83. The van der Waals surface area contributed by atoms with Gasteiger partial charge in [-0.25, -0.2) is 0 Å². The summed E-state index contributed by atoms with van der Waals surface area (Å²) < 4.78 is 6.34. The number of hydrogen-bond acceptors (Lipinski definition) is 7. The van der Waals surface area contributed by atoms with E-state index in [1.54, 1.807) is 17.1 Å². The van der Waals surface area contributed by atoms with Gasteiger partial charge in [0, 0.05) is 51.1 Å². The molecular weight excluding hydrogens is 518 g/mol. The molecule has 5 heterocycles. The third kappa shape index (κ3) is 4.26. The van der Waals surface area contributed by atoms with Gasteiger partial charge in [0.1, 0.15) is 16.2 Å². The van der Waals surface area contributed by atoms with Gasteiger partial charge >= 0.3 is 0 Å². The maximum Gasteiger partial charge on any atom is 0.258 e. The second-order valence-corrected chi connectivity index (χ2v) is 12.1. The molecule has 1 aromatic carbocycles. The highest BCUT2D eigenvalue weighted by molar-refractivity contribution is 7.23. The SMILES string of the molecule is COc1cccc2c(C(=O)N3CCC(N4CCCC5(C4)C(=O)N4CCCCN4C5=O)CC3)c(NC(C)=O)sc12. The van der Waals surface area contributed by atoms with E-state index in [0.29, 0.717) is 55.5 Å². The summed E-state index contributed by atoms with van der Waals surface area (Å²) in [4.78, 5) is 56.8. The number of piperidine rings is 2. The van der Waals surface area contributed by atoms with Gasteiger partial charge in [-0.3, -0.25) is 34.1 Å². The zero-order valence-electron chi connectivity index (χ0n) is 22.5. The lowest BCUT2D eigenvalue weighted by atomic mass is 9.78. The Kier molecular flexibility index (Phi) is 6.74. The van der Waals surface area contributed by atoms with E-state index in [1.807, 2.05) is 23.1 Å². The highest BCUT2D eigenvalue weighted by Gasteiger charge is 2.60. The number of carbonyl (C=O) groups is 4. The summed E-state index contributed by atoms with van der Waals surface area (Å²) in [6, 6.07) is 5.82. The Balaban J connectivity index is 1.18. The molecular formula is C28H35N5O5S. The molecule has 4 saturated heterocycles. The Hall–Kier alpha value is -3.18. The van der Waals surface area contributed by atoms with Crippen molar-refractivity contribution >= 4 is 50.1 Å². The predicted octanol–water partition coefficient (Wildman–Crippen LogP) is 2.93. The van der Waals surface area contributed by atoms with Crippen LogP contribution in [-0.2, 0) is 14.4 Å². The monoisotopic (exact) mass is 553 g/mol. The second-order valence-electron chi connectivity index (χ2n) is 11.1. The largest absolute Gasteiger partial charge is 0.495 e. The van der Waals surface area contributed by atoms with E-state index in [1.165, 1.54) is 18.3 Å². The third-order valence-corrected chi connectivity index (χ3v) is 9.90. The van der Waals surface area contributed by atoms with Gasteiger partial charge in [-0.15, -0.1) is 11.3 Å². The first-order chi connectivity index (χ1) is 18.8. The van der Waals surface area contributed by atoms with Crippen molar-refractivity contribution in [2.45, 2.75) is 51.5 Å². The van der Waals surface area contributed by atoms with Crippen molar-refractivity contribution in [2.24, 2.45) is 5.41 Å². The molecule has 208 valence electrons. The smallest absolute Gasteiger partial charge is 0.258 e. The van der Waals surface area contributed by atoms with Gasteiger partial charge in [0.2, 0.25) is 5.91 Å². The molecule has 10 nitrogen and oxygen atoms in total. The average Bonchev–Trinajstić information content (AvgIpc) is 3.41. The Labute approximate surface area is 231 Å². The minimum absolute atomic E-state index is 0.0187. The van der Waals surface area contributed by atoms with E-state index in [2.05, 4.69) is 10.2 Å². The van der Waals surface area contributed by atoms with E-state index in [9.17, 15) is 19.2 Å². The average molecular weight is 554 g/mol. The molecule has 0 atom stereocenters. The molecule has 1 N–H and O–H groups in total. The molecule has 4 fully saturated rings. The lowest BCUT2D eigenvalue weighted by Crippen LogP contribution is -2.56. The number of hydrogen-bond donors (Lipinski definition) is 1. The lowest BCUT2D eigenvalue weighted by molar-refractivity contribution is -0.150. The molecule has 0 saturated carbocycles. The molecule has 2 aromatic rings. The number of rotatable bonds is 4. The van der Waals surface area contributed by atoms with Crippen LogP contribution in [0.15, 0.2) is 18.2 Å². The fraction of sp³-hybridized carbons (Fsp3) is 0.571. The maximum atomic E-state index is 13.8. The Morgan fingerprint density at radius 2 is 1.69 bits per heavy atom. The van der Waals surface area contributed by atoms with Gasteiger partial charge in [-0.05, 0) is 51.1 Å². The summed E-state index contributed by atoms with van der Waals surface area (Å²) >= 11 is 1.35. The Morgan fingerprint density at radius 1 is 1.00 bits per heavy atom. The van der Waals surface area contributed by atoms with E-state index in [-0.39, 0.29) is 29.7 Å². The van der Waals surface area contributed by atoms with Gasteiger partial charge in [0.25, 0.3) is 17.7 Å². The first-order valence-electron chi connectivity index (χ1n) is 13.9. The molecule has 0 aliphatic carbocycles. The summed E-state index contributed by atoms with van der Waals surface area (Å²) in [7, 11) is 1.60. The molecule has 6 rings (SSSR count). The van der Waals surface area contributed by atoms with Crippen LogP contribution in [0, 0.1) is 5.41 Å². The van der Waals surface area contributed by atoms with E-state index in [0.717, 1.165) is 48.7 Å². The quantitative estimate of drug-likeness (QED) is 0.585. The van der Waals surface area contributed by atoms with Crippen molar-refractivity contribution in [3.63, 3.8) is 0 Å². The van der Waals surface area contributed by atoms with Crippen molar-refractivity contribution < 1.29 is 23.9 Å². The normalized spacial score (nSPS) is 22.1. The van der Waals surface area contributed by atoms with Crippen LogP contribution in [0.3, 0.4) is 0 Å². The number of fused-ring (bicyclic) bond motifs is 2. The Bertz CT molecular complexity index is 1310. The standard InChI is InChI=1S/C28H35N5O5S/c1-18(34)29-24-22(20-7-5-8-21(38-2)23(20)39-24)25(35)30-15-9-19(10-16-30)31-12-6-11-28(17-31)26(36)32-13-3-4-14-33(32)27(28)37/h5,7-8,19H,3-4,6,9-17H2,1-2H3,(H,29,34). The van der Waals surface area contributed by atoms with Crippen LogP contribution in [0.25, 0.3) is 10.1 Å². The highest BCUT2D eigenvalue weighted by Crippen LogP contribution is 2.44. The number of likely N-dealkylation sites (tertiary alicyclic amines) is 2. The summed E-state index contributed by atoms with van der Waals surface area (Å²) in [6.07, 6.45) is 4.87. The van der Waals surface area contributed by atoms with Crippen molar-refractivity contribution in [3.8, 4) is 5.75 Å². The topological polar surface area (TPSA) is 102 Å². The molecule has 0 unspecified atom stereocenters. The predicted molar refractivity (Wildman–Crippen MR) is 148 cm³/mol. The van der Waals surface area contributed by atoms with Crippen LogP contribution in [-0.4, -0.2) is 95.9 Å². The molecule has 0 bridgehead atoms. The summed E-state index contributed by atoms with van der Waals surface area (Å²) in [5, 5.41) is 7.56. The molecule has 1 aromatic heterocycles. The Morgan fingerprint density at radius 3 is 2.33 bits per heavy atom. The number of methoxy groups -OCH3 is 1. The molecule has 4 amide bonds. The summed E-state index contributed by atoms with van der Waals surface area (Å²) in [5.74, 6) is 0.308. The minimum Gasteiger partial charge on any atom is -0.495 e. The molecule has 0 radical (unpaired) electrons. The van der Waals surface area contributed by atoms with E-state index in [4.69, 9.17) is 4.74 Å². The van der Waals surface area contributed by atoms with Gasteiger partial charge in [0.15, 0.2) is 0 Å². The van der Waals surface area contributed by atoms with Crippen molar-refractivity contribution in [1.29, 1.82) is 0 Å². The van der Waals surface area contributed by atoms with Gasteiger partial charge in [0.05, 0.1) is 17.4 Å². The number of ether oxygens (including phenoxy) is 1. The van der Waals surface area contributed by atoms with Crippen LogP contribution < -0.4 is 10.1 Å². The zero-order valence-corrected chi connectivity index (χ0v) is 23.3. The van der Waals surface area contributed by atoms with Crippen molar-refractivity contribution in [2.75, 3.05) is 51.7 Å². The van der Waals surface area contributed by atoms with Crippen molar-refractivity contribution in [1.82, 2.24) is 19.8 Å². The van der Waals surface area contributed by atoms with Crippen LogP contribution in [0.1, 0.15) is 55.8 Å². The fourth-order valence-corrected chi connectivity index (χ4v) is 8.06. The first kappa shape index (κ1) is 26.1. The molecule has 4 aliphatic heterocycles. The number of carbonyl (C=O) groups excluding carboxylic acids is 4. The van der Waals surface area contributed by atoms with Gasteiger partial charge in [-0.1, -0.05) is 12.1 Å². The van der Waals surface area contributed by atoms with Gasteiger partial charge in [-0.2, -0.15) is 0 Å². The van der Waals surface area contributed by atoms with E-state index < -0.39 is 5.41 Å². The van der Waals surface area contributed by atoms with Crippen LogP contribution in [0.2, 0.25) is 0 Å². The highest BCUT2D eigenvalue weighted by atomic mass is 32.1. The number of nitrogens with one attached hydrogen (secondary N) is 1. The second kappa shape index (κ2) is 10.1. The third-order valence-electron chi connectivity index (χ3n) is 8.76. The minimum atomic E-state index is -0.947. The lowest BCUT2D eigenvalue weighted by Gasteiger charge is -2.44. The molecule has 11 heteroatoms. The molecule has 4 aliphatic rings. The number of thiophene rings is 1. The summed E-state index contributed by atoms with van der Waals surface area (Å²) in [6.45, 7) is 5.20. The van der Waals surface area contributed by atoms with Crippen LogP contribution in [0.5, 0.6) is 5.75 Å².